The van der Waals surface area contributed by atoms with E-state index in [1.807, 2.05) is 41.5 Å². The quantitative estimate of drug-likeness (QED) is 0.144. The van der Waals surface area contributed by atoms with Gasteiger partial charge in [0.1, 0.15) is 11.2 Å². The van der Waals surface area contributed by atoms with Crippen LogP contribution in [-0.2, 0) is 38.1 Å². The fourth-order valence-electron chi connectivity index (χ4n) is 11.7. The van der Waals surface area contributed by atoms with Gasteiger partial charge >= 0.3 is 23.9 Å². The maximum absolute atomic E-state index is 13.0. The van der Waals surface area contributed by atoms with Gasteiger partial charge in [0.25, 0.3) is 0 Å². The van der Waals surface area contributed by atoms with Crippen LogP contribution in [0.5, 0.6) is 0 Å². The lowest BCUT2D eigenvalue weighted by Crippen LogP contribution is -2.58. The summed E-state index contributed by atoms with van der Waals surface area (Å²) >= 11 is 0. The number of ether oxygens (including phenoxy) is 4. The molecule has 8 heteroatoms. The van der Waals surface area contributed by atoms with E-state index in [1.165, 1.54) is 77.0 Å². The van der Waals surface area contributed by atoms with Gasteiger partial charge in [-0.15, -0.1) is 0 Å². The summed E-state index contributed by atoms with van der Waals surface area (Å²) in [6, 6.07) is 0. The normalized spacial score (nSPS) is 33.8. The van der Waals surface area contributed by atoms with Crippen molar-refractivity contribution in [1.29, 1.82) is 0 Å². The molecule has 8 aliphatic rings. The Morgan fingerprint density at radius 3 is 1.17 bits per heavy atom. The number of rotatable bonds is 12. The molecular formula is C45H74O8. The van der Waals surface area contributed by atoms with Crippen LogP contribution in [-0.4, -0.2) is 46.8 Å². The zero-order chi connectivity index (χ0) is 39.6. The minimum absolute atomic E-state index is 0.0835. The van der Waals surface area contributed by atoms with Gasteiger partial charge in [-0.3, -0.25) is 9.59 Å². The number of esters is 4. The average Bonchev–Trinajstić information content (AvgIpc) is 3.03. The van der Waals surface area contributed by atoms with Gasteiger partial charge in [-0.05, 0) is 202 Å². The van der Waals surface area contributed by atoms with Crippen molar-refractivity contribution in [3.63, 3.8) is 0 Å². The zero-order valence-electron chi connectivity index (χ0n) is 35.7. The van der Waals surface area contributed by atoms with Crippen LogP contribution < -0.4 is 0 Å². The van der Waals surface area contributed by atoms with Crippen LogP contribution in [0, 0.1) is 57.2 Å². The zero-order valence-corrected chi connectivity index (χ0v) is 35.7. The summed E-state index contributed by atoms with van der Waals surface area (Å²) in [5, 5.41) is 0. The van der Waals surface area contributed by atoms with E-state index in [-0.39, 0.29) is 22.8 Å². The van der Waals surface area contributed by atoms with Crippen LogP contribution in [0.2, 0.25) is 0 Å². The van der Waals surface area contributed by atoms with Crippen molar-refractivity contribution in [3.8, 4) is 0 Å². The third kappa shape index (κ3) is 8.37. The summed E-state index contributed by atoms with van der Waals surface area (Å²) in [5.41, 5.74) is -3.32. The van der Waals surface area contributed by atoms with Crippen LogP contribution >= 0.6 is 0 Å². The lowest BCUT2D eigenvalue weighted by atomic mass is 9.46. The maximum atomic E-state index is 13.0. The van der Waals surface area contributed by atoms with Crippen LogP contribution in [0.3, 0.4) is 0 Å². The number of carbonyl (C=O) groups excluding carboxylic acids is 4. The Labute approximate surface area is 321 Å². The molecule has 302 valence electrons. The lowest BCUT2D eigenvalue weighted by molar-refractivity contribution is -0.217. The molecule has 0 amide bonds. The Hall–Kier alpha value is -2.12. The van der Waals surface area contributed by atoms with Crippen molar-refractivity contribution in [2.75, 3.05) is 0 Å². The Morgan fingerprint density at radius 1 is 0.509 bits per heavy atom. The molecule has 0 aliphatic heterocycles. The maximum Gasteiger partial charge on any atom is 0.350 e. The molecule has 0 heterocycles. The van der Waals surface area contributed by atoms with Crippen molar-refractivity contribution in [2.45, 2.75) is 203 Å². The molecule has 0 spiro atoms. The van der Waals surface area contributed by atoms with Crippen molar-refractivity contribution in [3.05, 3.63) is 0 Å². The Balaban J connectivity index is 0.000000204. The average molecular weight is 743 g/mol. The van der Waals surface area contributed by atoms with Gasteiger partial charge in [0.05, 0.1) is 10.8 Å². The highest BCUT2D eigenvalue weighted by Gasteiger charge is 2.60. The first kappa shape index (κ1) is 42.0. The van der Waals surface area contributed by atoms with E-state index in [0.29, 0.717) is 12.8 Å². The first-order valence-electron chi connectivity index (χ1n) is 21.2. The second-order valence-corrected chi connectivity index (χ2v) is 21.6. The summed E-state index contributed by atoms with van der Waals surface area (Å²) in [5.74, 6) is 3.28. The van der Waals surface area contributed by atoms with Crippen LogP contribution in [0.1, 0.15) is 180 Å². The molecule has 8 rings (SSSR count). The predicted molar refractivity (Wildman–Crippen MR) is 205 cm³/mol. The van der Waals surface area contributed by atoms with Crippen molar-refractivity contribution in [1.82, 2.24) is 0 Å². The molecule has 8 nitrogen and oxygen atoms in total. The summed E-state index contributed by atoms with van der Waals surface area (Å²) in [6.07, 6.45) is 15.7. The minimum Gasteiger partial charge on any atom is -0.456 e. The van der Waals surface area contributed by atoms with Crippen LogP contribution in [0.25, 0.3) is 0 Å². The van der Waals surface area contributed by atoms with E-state index in [2.05, 4.69) is 27.7 Å². The second kappa shape index (κ2) is 14.4. The van der Waals surface area contributed by atoms with Crippen molar-refractivity contribution < 1.29 is 38.1 Å². The first-order chi connectivity index (χ1) is 24.3. The molecule has 8 aliphatic carbocycles. The second-order valence-electron chi connectivity index (χ2n) is 21.6. The van der Waals surface area contributed by atoms with Crippen molar-refractivity contribution >= 4 is 23.9 Å². The monoisotopic (exact) mass is 743 g/mol. The van der Waals surface area contributed by atoms with Gasteiger partial charge in [-0.1, -0.05) is 13.8 Å². The molecule has 8 fully saturated rings. The van der Waals surface area contributed by atoms with Crippen molar-refractivity contribution in [2.24, 2.45) is 57.2 Å². The lowest BCUT2D eigenvalue weighted by Gasteiger charge is -2.61. The van der Waals surface area contributed by atoms with Gasteiger partial charge in [-0.25, -0.2) is 9.59 Å². The fraction of sp³-hybridized carbons (Fsp3) is 0.911. The molecule has 0 saturated heterocycles. The van der Waals surface area contributed by atoms with Gasteiger partial charge < -0.3 is 18.9 Å². The summed E-state index contributed by atoms with van der Waals surface area (Å²) in [4.78, 5) is 50.5. The number of carbonyl (C=O) groups is 4. The highest BCUT2D eigenvalue weighted by Crippen LogP contribution is 2.65. The standard InChI is InChI=1S/C23H38O4.C22H36O4/c1-8-20(2,3)18(24)26-21(4,5)19(25)27-22(6,7)23-12-15-9-16(13-23)11-17(10-15)14-23;1-7-20(3,4)19(24)25-14(2)18(23)26-21(5,6)22-11-15-8-16(12-22)10-17(9-15)13-22/h15-17H,8-14H2,1-7H3;14-17H,7-13H2,1-6H3. The third-order valence-electron chi connectivity index (χ3n) is 15.7. The molecule has 53 heavy (non-hydrogen) atoms. The topological polar surface area (TPSA) is 105 Å². The van der Waals surface area contributed by atoms with E-state index in [9.17, 15) is 19.2 Å². The number of hydrogen-bond donors (Lipinski definition) is 0. The van der Waals surface area contributed by atoms with Crippen LogP contribution in [0.15, 0.2) is 0 Å². The molecular weight excluding hydrogens is 668 g/mol. The summed E-state index contributed by atoms with van der Waals surface area (Å²) in [6.45, 7) is 24.5. The molecule has 8 bridgehead atoms. The molecule has 1 unspecified atom stereocenters. The molecule has 8 saturated carbocycles. The van der Waals surface area contributed by atoms with Gasteiger partial charge in [-0.2, -0.15) is 0 Å². The van der Waals surface area contributed by atoms with E-state index < -0.39 is 45.7 Å². The molecule has 0 aromatic rings. The van der Waals surface area contributed by atoms with E-state index in [1.54, 1.807) is 20.8 Å². The number of hydrogen-bond acceptors (Lipinski definition) is 8. The van der Waals surface area contributed by atoms with E-state index in [0.717, 1.165) is 35.5 Å². The predicted octanol–water partition coefficient (Wildman–Crippen LogP) is 10.2. The van der Waals surface area contributed by atoms with Gasteiger partial charge in [0.15, 0.2) is 6.10 Å². The van der Waals surface area contributed by atoms with Gasteiger partial charge in [0.2, 0.25) is 5.60 Å². The Kier molecular flexibility index (Phi) is 11.4. The molecule has 0 N–H and O–H groups in total. The highest BCUT2D eigenvalue weighted by molar-refractivity contribution is 5.85. The Morgan fingerprint density at radius 2 is 0.830 bits per heavy atom. The SMILES string of the molecule is CCC(C)(C)C(=O)OC(C)(C)C(=O)OC(C)(C)C12CC3CC(CC(C3)C1)C2.CCC(C)(C)C(=O)OC(C)C(=O)OC(C)(C)C12CC3CC(CC(C3)C1)C2. The van der Waals surface area contributed by atoms with E-state index in [4.69, 9.17) is 18.9 Å². The largest absolute Gasteiger partial charge is 0.456 e. The van der Waals surface area contributed by atoms with E-state index >= 15 is 0 Å². The molecule has 0 aromatic heterocycles. The summed E-state index contributed by atoms with van der Waals surface area (Å²) in [7, 11) is 0. The van der Waals surface area contributed by atoms with Gasteiger partial charge in [0, 0.05) is 10.8 Å². The van der Waals surface area contributed by atoms with Crippen LogP contribution in [0.4, 0.5) is 0 Å². The summed E-state index contributed by atoms with van der Waals surface area (Å²) < 4.78 is 23.2. The molecule has 0 aromatic carbocycles. The third-order valence-corrected chi connectivity index (χ3v) is 15.7. The smallest absolute Gasteiger partial charge is 0.350 e. The molecule has 1 atom stereocenters. The highest BCUT2D eigenvalue weighted by atomic mass is 16.6. The first-order valence-corrected chi connectivity index (χ1v) is 21.2. The minimum atomic E-state index is -1.27. The molecule has 0 radical (unpaired) electrons. The fourth-order valence-corrected chi connectivity index (χ4v) is 11.7. The Bertz CT molecular complexity index is 1330.